The molecule has 92 valence electrons. The zero-order valence-corrected chi connectivity index (χ0v) is 10.5. The molecule has 0 atom stereocenters. The van der Waals surface area contributed by atoms with Crippen LogP contribution in [-0.2, 0) is 20.6 Å². The first kappa shape index (κ1) is 11.6. The SMILES string of the molecule is Cc1cnn(C)c1NCc1c(C)nn(C)c1F. The molecule has 2 aromatic rings. The van der Waals surface area contributed by atoms with Gasteiger partial charge in [0.2, 0.25) is 5.95 Å². The fourth-order valence-electron chi connectivity index (χ4n) is 1.85. The lowest BCUT2D eigenvalue weighted by Crippen LogP contribution is -2.07. The predicted octanol–water partition coefficient (Wildman–Crippen LogP) is 1.52. The molecule has 0 bridgehead atoms. The van der Waals surface area contributed by atoms with Gasteiger partial charge in [0, 0.05) is 31.8 Å². The lowest BCUT2D eigenvalue weighted by Gasteiger charge is -2.07. The molecule has 2 heterocycles. The zero-order chi connectivity index (χ0) is 12.6. The smallest absolute Gasteiger partial charge is 0.216 e. The molecular formula is C11H16FN5. The fraction of sp³-hybridized carbons (Fsp3) is 0.455. The normalized spacial score (nSPS) is 10.9. The number of anilines is 1. The number of hydrogen-bond donors (Lipinski definition) is 1. The molecule has 0 aliphatic carbocycles. The van der Waals surface area contributed by atoms with Gasteiger partial charge in [0.25, 0.3) is 0 Å². The Morgan fingerprint density at radius 2 is 2.00 bits per heavy atom. The zero-order valence-electron chi connectivity index (χ0n) is 10.5. The van der Waals surface area contributed by atoms with E-state index in [0.29, 0.717) is 17.8 Å². The number of rotatable bonds is 3. The number of aromatic nitrogens is 4. The van der Waals surface area contributed by atoms with Crippen molar-refractivity contribution in [2.24, 2.45) is 14.1 Å². The molecule has 2 aromatic heterocycles. The molecule has 0 unspecified atom stereocenters. The highest BCUT2D eigenvalue weighted by molar-refractivity contribution is 5.43. The molecule has 0 amide bonds. The van der Waals surface area contributed by atoms with Crippen LogP contribution in [0, 0.1) is 19.8 Å². The molecule has 0 aliphatic rings. The summed E-state index contributed by atoms with van der Waals surface area (Å²) >= 11 is 0. The molecule has 0 radical (unpaired) electrons. The number of nitrogens with one attached hydrogen (secondary N) is 1. The van der Waals surface area contributed by atoms with Crippen LogP contribution < -0.4 is 5.32 Å². The average Bonchev–Trinajstić information content (AvgIpc) is 2.70. The Morgan fingerprint density at radius 3 is 2.47 bits per heavy atom. The second-order valence-corrected chi connectivity index (χ2v) is 4.13. The molecule has 17 heavy (non-hydrogen) atoms. The van der Waals surface area contributed by atoms with Crippen LogP contribution in [0.3, 0.4) is 0 Å². The first-order valence-corrected chi connectivity index (χ1v) is 5.41. The third-order valence-electron chi connectivity index (χ3n) is 2.82. The Bertz CT molecular complexity index is 521. The summed E-state index contributed by atoms with van der Waals surface area (Å²) in [5, 5.41) is 11.3. The third-order valence-corrected chi connectivity index (χ3v) is 2.82. The third kappa shape index (κ3) is 2.02. The van der Waals surface area contributed by atoms with Gasteiger partial charge in [-0.15, -0.1) is 0 Å². The largest absolute Gasteiger partial charge is 0.366 e. The quantitative estimate of drug-likeness (QED) is 0.880. The number of aryl methyl sites for hydroxylation is 4. The molecule has 0 saturated heterocycles. The number of nitrogens with zero attached hydrogens (tertiary/aromatic N) is 4. The van der Waals surface area contributed by atoms with Crippen molar-refractivity contribution < 1.29 is 4.39 Å². The highest BCUT2D eigenvalue weighted by atomic mass is 19.1. The second kappa shape index (κ2) is 4.20. The molecule has 5 nitrogen and oxygen atoms in total. The molecule has 0 aromatic carbocycles. The minimum absolute atomic E-state index is 0.296. The van der Waals surface area contributed by atoms with E-state index in [9.17, 15) is 4.39 Å². The van der Waals surface area contributed by atoms with Crippen molar-refractivity contribution in [1.29, 1.82) is 0 Å². The van der Waals surface area contributed by atoms with Gasteiger partial charge in [-0.25, -0.2) is 4.68 Å². The average molecular weight is 237 g/mol. The van der Waals surface area contributed by atoms with Gasteiger partial charge in [0.05, 0.1) is 11.9 Å². The predicted molar refractivity (Wildman–Crippen MR) is 63.2 cm³/mol. The van der Waals surface area contributed by atoms with Crippen LogP contribution in [0.4, 0.5) is 10.2 Å². The first-order valence-electron chi connectivity index (χ1n) is 5.41. The van der Waals surface area contributed by atoms with Crippen molar-refractivity contribution >= 4 is 5.82 Å². The van der Waals surface area contributed by atoms with Crippen molar-refractivity contribution in [2.45, 2.75) is 20.4 Å². The fourth-order valence-corrected chi connectivity index (χ4v) is 1.85. The van der Waals surface area contributed by atoms with Crippen LogP contribution in [0.15, 0.2) is 6.20 Å². The summed E-state index contributed by atoms with van der Waals surface area (Å²) in [7, 11) is 3.45. The topological polar surface area (TPSA) is 47.7 Å². The van der Waals surface area contributed by atoms with Crippen molar-refractivity contribution in [2.75, 3.05) is 5.32 Å². The summed E-state index contributed by atoms with van der Waals surface area (Å²) < 4.78 is 16.7. The van der Waals surface area contributed by atoms with E-state index in [1.165, 1.54) is 4.68 Å². The number of halogens is 1. The highest BCUT2D eigenvalue weighted by Gasteiger charge is 2.13. The van der Waals surface area contributed by atoms with Crippen molar-refractivity contribution in [3.63, 3.8) is 0 Å². The molecule has 0 spiro atoms. The van der Waals surface area contributed by atoms with Crippen molar-refractivity contribution in [3.8, 4) is 0 Å². The van der Waals surface area contributed by atoms with E-state index in [2.05, 4.69) is 15.5 Å². The molecule has 0 aliphatic heterocycles. The van der Waals surface area contributed by atoms with E-state index in [1.54, 1.807) is 24.9 Å². The van der Waals surface area contributed by atoms with E-state index in [1.807, 2.05) is 14.0 Å². The standard InChI is InChI=1S/C11H16FN5/c1-7-5-14-17(4)11(7)13-6-9-8(2)15-16(3)10(9)12/h5,13H,6H2,1-4H3. The first-order chi connectivity index (χ1) is 8.00. The van der Waals surface area contributed by atoms with Gasteiger partial charge in [0.1, 0.15) is 5.82 Å². The lowest BCUT2D eigenvalue weighted by molar-refractivity contribution is 0.496. The van der Waals surface area contributed by atoms with Crippen LogP contribution in [0.5, 0.6) is 0 Å². The summed E-state index contributed by atoms with van der Waals surface area (Å²) in [6.07, 6.45) is 1.77. The number of hydrogen-bond acceptors (Lipinski definition) is 3. The molecule has 0 saturated carbocycles. The molecule has 6 heteroatoms. The van der Waals surface area contributed by atoms with Gasteiger partial charge >= 0.3 is 0 Å². The van der Waals surface area contributed by atoms with Crippen molar-refractivity contribution in [3.05, 3.63) is 29.0 Å². The van der Waals surface area contributed by atoms with Crippen LogP contribution in [0.1, 0.15) is 16.8 Å². The molecule has 0 fully saturated rings. The minimum atomic E-state index is -0.296. The highest BCUT2D eigenvalue weighted by Crippen LogP contribution is 2.16. The van der Waals surface area contributed by atoms with Crippen LogP contribution in [-0.4, -0.2) is 19.6 Å². The maximum Gasteiger partial charge on any atom is 0.216 e. The Kier molecular flexibility index (Phi) is 2.87. The van der Waals surface area contributed by atoms with Crippen LogP contribution >= 0.6 is 0 Å². The van der Waals surface area contributed by atoms with Crippen LogP contribution in [0.25, 0.3) is 0 Å². The van der Waals surface area contributed by atoms with E-state index >= 15 is 0 Å². The summed E-state index contributed by atoms with van der Waals surface area (Å²) in [5.74, 6) is 0.600. The second-order valence-electron chi connectivity index (χ2n) is 4.13. The van der Waals surface area contributed by atoms with Gasteiger partial charge in [-0.2, -0.15) is 14.6 Å². The van der Waals surface area contributed by atoms with Gasteiger partial charge in [-0.1, -0.05) is 0 Å². The summed E-state index contributed by atoms with van der Waals surface area (Å²) in [6.45, 7) is 4.17. The van der Waals surface area contributed by atoms with E-state index in [4.69, 9.17) is 0 Å². The molecule has 2 rings (SSSR count). The van der Waals surface area contributed by atoms with Gasteiger partial charge < -0.3 is 5.32 Å². The maximum atomic E-state index is 13.7. The minimum Gasteiger partial charge on any atom is -0.366 e. The molecule has 1 N–H and O–H groups in total. The Morgan fingerprint density at radius 1 is 1.29 bits per heavy atom. The monoisotopic (exact) mass is 237 g/mol. The summed E-state index contributed by atoms with van der Waals surface area (Å²) in [4.78, 5) is 0. The van der Waals surface area contributed by atoms with Gasteiger partial charge in [0.15, 0.2) is 0 Å². The van der Waals surface area contributed by atoms with E-state index in [0.717, 1.165) is 11.4 Å². The summed E-state index contributed by atoms with van der Waals surface area (Å²) in [5.41, 5.74) is 2.33. The Labute approximate surface area is 99.2 Å². The van der Waals surface area contributed by atoms with Crippen molar-refractivity contribution in [1.82, 2.24) is 19.6 Å². The van der Waals surface area contributed by atoms with E-state index in [-0.39, 0.29) is 5.95 Å². The summed E-state index contributed by atoms with van der Waals surface area (Å²) in [6, 6.07) is 0. The lowest BCUT2D eigenvalue weighted by atomic mass is 10.2. The maximum absolute atomic E-state index is 13.7. The molecular weight excluding hydrogens is 221 g/mol. The Hall–Kier alpha value is -1.85. The van der Waals surface area contributed by atoms with Gasteiger partial charge in [-0.05, 0) is 13.8 Å². The van der Waals surface area contributed by atoms with E-state index < -0.39 is 0 Å². The Balaban J connectivity index is 2.18. The van der Waals surface area contributed by atoms with Gasteiger partial charge in [-0.3, -0.25) is 4.68 Å². The van der Waals surface area contributed by atoms with Crippen LogP contribution in [0.2, 0.25) is 0 Å².